The number of aryl methyl sites for hydroxylation is 2. The van der Waals surface area contributed by atoms with Crippen LogP contribution in [-0.2, 0) is 13.6 Å². The molecule has 2 aromatic heterocycles. The quantitative estimate of drug-likeness (QED) is 0.821. The third-order valence-electron chi connectivity index (χ3n) is 3.47. The van der Waals surface area contributed by atoms with Gasteiger partial charge in [0, 0.05) is 19.8 Å². The maximum atomic E-state index is 5.30. The van der Waals surface area contributed by atoms with Gasteiger partial charge in [-0.05, 0) is 26.3 Å². The highest BCUT2D eigenvalue weighted by Crippen LogP contribution is 2.31. The minimum absolute atomic E-state index is 0.251. The molecule has 3 rings (SSSR count). The third kappa shape index (κ3) is 2.03. The van der Waals surface area contributed by atoms with Crippen molar-refractivity contribution in [1.29, 1.82) is 0 Å². The zero-order valence-corrected chi connectivity index (χ0v) is 10.7. The predicted molar refractivity (Wildman–Crippen MR) is 64.6 cm³/mol. The van der Waals surface area contributed by atoms with Gasteiger partial charge < -0.3 is 9.09 Å². The van der Waals surface area contributed by atoms with Crippen LogP contribution in [0.25, 0.3) is 0 Å². The average molecular weight is 247 g/mol. The minimum atomic E-state index is 0.251. The van der Waals surface area contributed by atoms with Crippen LogP contribution >= 0.6 is 0 Å². The van der Waals surface area contributed by atoms with Crippen molar-refractivity contribution in [3.8, 4) is 0 Å². The van der Waals surface area contributed by atoms with E-state index < -0.39 is 0 Å². The van der Waals surface area contributed by atoms with Crippen LogP contribution < -0.4 is 0 Å². The monoisotopic (exact) mass is 247 g/mol. The van der Waals surface area contributed by atoms with E-state index in [1.54, 1.807) is 0 Å². The zero-order valence-electron chi connectivity index (χ0n) is 10.7. The fourth-order valence-corrected chi connectivity index (χ4v) is 2.49. The number of likely N-dealkylation sites (tertiary alicyclic amines) is 1. The van der Waals surface area contributed by atoms with Crippen molar-refractivity contribution in [3.63, 3.8) is 0 Å². The maximum Gasteiger partial charge on any atom is 0.243 e. The first-order chi connectivity index (χ1) is 8.74. The number of hydrogen-bond acceptors (Lipinski definition) is 5. The Bertz CT molecular complexity index is 532. The van der Waals surface area contributed by atoms with Crippen LogP contribution in [0, 0.1) is 6.92 Å². The number of aromatic nitrogens is 4. The second-order valence-electron chi connectivity index (χ2n) is 4.80. The summed E-state index contributed by atoms with van der Waals surface area (Å²) in [5.74, 6) is 1.45. The highest BCUT2D eigenvalue weighted by molar-refractivity contribution is 5.02. The van der Waals surface area contributed by atoms with Crippen molar-refractivity contribution in [2.24, 2.45) is 7.05 Å². The van der Waals surface area contributed by atoms with Crippen LogP contribution in [0.4, 0.5) is 0 Å². The summed E-state index contributed by atoms with van der Waals surface area (Å²) in [6.07, 6.45) is 6.00. The van der Waals surface area contributed by atoms with Crippen molar-refractivity contribution in [2.45, 2.75) is 32.4 Å². The van der Waals surface area contributed by atoms with Crippen molar-refractivity contribution in [2.75, 3.05) is 6.54 Å². The average Bonchev–Trinajstić information content (AvgIpc) is 3.03. The molecular weight excluding hydrogens is 230 g/mol. The summed E-state index contributed by atoms with van der Waals surface area (Å²) in [6, 6.07) is 0.251. The molecular formula is C12H17N5O. The van der Waals surface area contributed by atoms with E-state index >= 15 is 0 Å². The molecule has 1 atom stereocenters. The van der Waals surface area contributed by atoms with Crippen LogP contribution in [0.3, 0.4) is 0 Å². The summed E-state index contributed by atoms with van der Waals surface area (Å²) in [5, 5.41) is 3.88. The van der Waals surface area contributed by atoms with Gasteiger partial charge in [-0.15, -0.1) is 0 Å². The Balaban J connectivity index is 1.77. The topological polar surface area (TPSA) is 60.0 Å². The van der Waals surface area contributed by atoms with E-state index in [9.17, 15) is 0 Å². The van der Waals surface area contributed by atoms with Crippen LogP contribution in [0.15, 0.2) is 17.0 Å². The number of hydrogen-bond donors (Lipinski definition) is 0. The van der Waals surface area contributed by atoms with Gasteiger partial charge in [0.25, 0.3) is 0 Å². The van der Waals surface area contributed by atoms with Crippen LogP contribution in [0.2, 0.25) is 0 Å². The molecule has 1 aliphatic heterocycles. The number of rotatable bonds is 3. The van der Waals surface area contributed by atoms with Gasteiger partial charge in [0.05, 0.1) is 18.1 Å². The molecule has 0 bridgehead atoms. The number of imidazole rings is 1. The van der Waals surface area contributed by atoms with E-state index in [1.807, 2.05) is 26.5 Å². The van der Waals surface area contributed by atoms with Crippen molar-refractivity contribution in [3.05, 3.63) is 29.9 Å². The van der Waals surface area contributed by atoms with E-state index in [2.05, 4.69) is 24.6 Å². The molecule has 6 heteroatoms. The van der Waals surface area contributed by atoms with E-state index in [-0.39, 0.29) is 6.04 Å². The molecule has 1 aliphatic rings. The molecule has 2 aromatic rings. The second kappa shape index (κ2) is 4.53. The summed E-state index contributed by atoms with van der Waals surface area (Å²) in [4.78, 5) is 10.9. The first-order valence-electron chi connectivity index (χ1n) is 6.23. The number of nitrogens with zero attached hydrogens (tertiary/aromatic N) is 5. The molecule has 0 spiro atoms. The molecule has 96 valence electrons. The summed E-state index contributed by atoms with van der Waals surface area (Å²) in [5.41, 5.74) is 1.21. The Morgan fingerprint density at radius 1 is 1.50 bits per heavy atom. The van der Waals surface area contributed by atoms with Crippen molar-refractivity contribution < 1.29 is 4.52 Å². The van der Waals surface area contributed by atoms with Crippen LogP contribution in [-0.4, -0.2) is 31.1 Å². The third-order valence-corrected chi connectivity index (χ3v) is 3.47. The smallest absolute Gasteiger partial charge is 0.243 e. The summed E-state index contributed by atoms with van der Waals surface area (Å²) in [6.45, 7) is 3.80. The molecule has 1 fully saturated rings. The van der Waals surface area contributed by atoms with Gasteiger partial charge in [0.15, 0.2) is 5.82 Å². The molecule has 0 aliphatic carbocycles. The SMILES string of the molecule is Cc1noc([C@@H]2CCCN2Cc2cncn2C)n1. The van der Waals surface area contributed by atoms with E-state index in [0.717, 1.165) is 25.4 Å². The molecule has 0 radical (unpaired) electrons. The lowest BCUT2D eigenvalue weighted by molar-refractivity contribution is 0.197. The van der Waals surface area contributed by atoms with Gasteiger partial charge in [0.2, 0.25) is 5.89 Å². The fourth-order valence-electron chi connectivity index (χ4n) is 2.49. The van der Waals surface area contributed by atoms with Gasteiger partial charge in [-0.25, -0.2) is 4.98 Å². The highest BCUT2D eigenvalue weighted by atomic mass is 16.5. The molecule has 6 nitrogen and oxygen atoms in total. The van der Waals surface area contributed by atoms with E-state index in [4.69, 9.17) is 4.52 Å². The normalized spacial score (nSPS) is 20.7. The van der Waals surface area contributed by atoms with Gasteiger partial charge in [-0.1, -0.05) is 5.16 Å². The maximum absolute atomic E-state index is 5.30. The predicted octanol–water partition coefficient (Wildman–Crippen LogP) is 1.45. The molecule has 0 amide bonds. The molecule has 18 heavy (non-hydrogen) atoms. The first kappa shape index (κ1) is 11.4. The zero-order chi connectivity index (χ0) is 12.5. The first-order valence-corrected chi connectivity index (χ1v) is 6.23. The molecule has 0 N–H and O–H groups in total. The Hall–Kier alpha value is -1.69. The Morgan fingerprint density at radius 3 is 3.06 bits per heavy atom. The Kier molecular flexibility index (Phi) is 2.87. The van der Waals surface area contributed by atoms with Crippen molar-refractivity contribution >= 4 is 0 Å². The fraction of sp³-hybridized carbons (Fsp3) is 0.583. The Morgan fingerprint density at radius 2 is 2.39 bits per heavy atom. The Labute approximate surface area is 106 Å². The largest absolute Gasteiger partial charge is 0.338 e. The lowest BCUT2D eigenvalue weighted by atomic mass is 10.2. The van der Waals surface area contributed by atoms with Gasteiger partial charge in [-0.3, -0.25) is 4.90 Å². The van der Waals surface area contributed by atoms with E-state index in [0.29, 0.717) is 5.82 Å². The lowest BCUT2D eigenvalue weighted by Crippen LogP contribution is -2.24. The minimum Gasteiger partial charge on any atom is -0.338 e. The molecule has 3 heterocycles. The van der Waals surface area contributed by atoms with E-state index in [1.165, 1.54) is 12.1 Å². The summed E-state index contributed by atoms with van der Waals surface area (Å²) < 4.78 is 7.35. The molecule has 0 unspecified atom stereocenters. The molecule has 0 aromatic carbocycles. The van der Waals surface area contributed by atoms with Crippen LogP contribution in [0.1, 0.15) is 36.3 Å². The summed E-state index contributed by atoms with van der Waals surface area (Å²) >= 11 is 0. The van der Waals surface area contributed by atoms with Crippen molar-refractivity contribution in [1.82, 2.24) is 24.6 Å². The van der Waals surface area contributed by atoms with Gasteiger partial charge >= 0.3 is 0 Å². The van der Waals surface area contributed by atoms with Crippen LogP contribution in [0.5, 0.6) is 0 Å². The molecule has 1 saturated heterocycles. The molecule has 0 saturated carbocycles. The van der Waals surface area contributed by atoms with Gasteiger partial charge in [0.1, 0.15) is 0 Å². The lowest BCUT2D eigenvalue weighted by Gasteiger charge is -2.21. The highest BCUT2D eigenvalue weighted by Gasteiger charge is 2.30. The standard InChI is InChI=1S/C12H17N5O/c1-9-14-12(18-15-9)11-4-3-5-17(11)7-10-6-13-8-16(10)2/h6,8,11H,3-5,7H2,1-2H3/t11-/m0/s1. The van der Waals surface area contributed by atoms with Gasteiger partial charge in [-0.2, -0.15) is 4.98 Å². The second-order valence-corrected chi connectivity index (χ2v) is 4.80. The summed E-state index contributed by atoms with van der Waals surface area (Å²) in [7, 11) is 2.02.